The van der Waals surface area contributed by atoms with Crippen LogP contribution in [0.4, 0.5) is 0 Å². The minimum atomic E-state index is -0.459. The van der Waals surface area contributed by atoms with Crippen LogP contribution in [0.2, 0.25) is 0 Å². The van der Waals surface area contributed by atoms with Gasteiger partial charge in [0.2, 0.25) is 5.76 Å². The lowest BCUT2D eigenvalue weighted by Crippen LogP contribution is -2.01. The van der Waals surface area contributed by atoms with Crippen molar-refractivity contribution in [1.29, 1.82) is 0 Å². The summed E-state index contributed by atoms with van der Waals surface area (Å²) < 4.78 is 12.2. The zero-order valence-electron chi connectivity index (χ0n) is 12.0. The van der Waals surface area contributed by atoms with E-state index in [1.807, 2.05) is 0 Å². The summed E-state index contributed by atoms with van der Waals surface area (Å²) in [5, 5.41) is 9.46. The second kappa shape index (κ2) is 5.93. The maximum atomic E-state index is 11.3. The van der Waals surface area contributed by atoms with Crippen molar-refractivity contribution in [2.24, 2.45) is 0 Å². The summed E-state index contributed by atoms with van der Waals surface area (Å²) in [7, 11) is 1.34. The molecule has 21 heavy (non-hydrogen) atoms. The lowest BCUT2D eigenvalue weighted by molar-refractivity contribution is 0.0563. The number of hydrogen-bond donors (Lipinski definition) is 0. The molecule has 0 radical (unpaired) electrons. The third-order valence-electron chi connectivity index (χ3n) is 3.40. The number of carbonyl (C=O) groups excluding carboxylic acids is 1. The van der Waals surface area contributed by atoms with E-state index in [0.29, 0.717) is 11.7 Å². The van der Waals surface area contributed by atoms with Gasteiger partial charge in [-0.25, -0.2) is 4.79 Å². The molecule has 7 heteroatoms. The Hall–Kier alpha value is -1.76. The number of methoxy groups -OCH3 is 1. The molecule has 0 atom stereocenters. The van der Waals surface area contributed by atoms with Gasteiger partial charge in [0, 0.05) is 12.5 Å². The highest BCUT2D eigenvalue weighted by Crippen LogP contribution is 2.40. The smallest absolute Gasteiger partial charge is 0.373 e. The monoisotopic (exact) mass is 307 g/mol. The molecule has 0 aromatic carbocycles. The largest absolute Gasteiger partial charge is 0.463 e. The van der Waals surface area contributed by atoms with E-state index in [2.05, 4.69) is 26.4 Å². The molecule has 1 aliphatic carbocycles. The molecule has 0 aliphatic heterocycles. The third-order valence-corrected chi connectivity index (χ3v) is 4.39. The molecule has 112 valence electrons. The molecule has 2 aromatic rings. The first kappa shape index (κ1) is 14.2. The van der Waals surface area contributed by atoms with Gasteiger partial charge in [-0.15, -0.1) is 10.2 Å². The molecule has 1 fully saturated rings. The average molecular weight is 307 g/mol. The zero-order valence-corrected chi connectivity index (χ0v) is 12.9. The summed E-state index contributed by atoms with van der Waals surface area (Å²) in [6.45, 7) is 2.97. The van der Waals surface area contributed by atoms with E-state index in [-0.39, 0.29) is 5.76 Å². The summed E-state index contributed by atoms with van der Waals surface area (Å²) in [5.41, 5.74) is 0. The molecule has 0 spiro atoms. The summed E-state index contributed by atoms with van der Waals surface area (Å²) in [6, 6.07) is 3.41. The van der Waals surface area contributed by atoms with Gasteiger partial charge in [-0.3, -0.25) is 0 Å². The number of carbonyl (C=O) groups is 1. The predicted octanol–water partition coefficient (Wildman–Crippen LogP) is 2.85. The normalized spacial score (nSPS) is 14.4. The van der Waals surface area contributed by atoms with Gasteiger partial charge in [0.15, 0.2) is 5.16 Å². The Morgan fingerprint density at radius 2 is 2.29 bits per heavy atom. The Morgan fingerprint density at radius 3 is 2.95 bits per heavy atom. The molecule has 0 amide bonds. The number of ether oxygens (including phenoxy) is 1. The van der Waals surface area contributed by atoms with Crippen LogP contribution in [0.15, 0.2) is 21.7 Å². The highest BCUT2D eigenvalue weighted by molar-refractivity contribution is 7.98. The van der Waals surface area contributed by atoms with E-state index in [4.69, 9.17) is 4.42 Å². The number of hydrogen-bond acceptors (Lipinski definition) is 6. The molecular weight excluding hydrogens is 290 g/mol. The fraction of sp³-hybridized carbons (Fsp3) is 0.500. The maximum absolute atomic E-state index is 11.3. The first-order chi connectivity index (χ1) is 10.2. The van der Waals surface area contributed by atoms with Crippen molar-refractivity contribution in [2.45, 2.75) is 43.1 Å². The van der Waals surface area contributed by atoms with Gasteiger partial charge in [0.1, 0.15) is 11.6 Å². The molecule has 2 heterocycles. The molecule has 0 unspecified atom stereocenters. The van der Waals surface area contributed by atoms with Crippen molar-refractivity contribution >= 4 is 17.7 Å². The van der Waals surface area contributed by atoms with E-state index in [1.165, 1.54) is 20.0 Å². The topological polar surface area (TPSA) is 70.2 Å². The quantitative estimate of drug-likeness (QED) is 0.604. The van der Waals surface area contributed by atoms with Gasteiger partial charge in [-0.1, -0.05) is 11.8 Å². The molecule has 0 saturated heterocycles. The van der Waals surface area contributed by atoms with Crippen molar-refractivity contribution in [3.63, 3.8) is 0 Å². The number of thioether (sulfide) groups is 1. The molecule has 6 nitrogen and oxygen atoms in total. The summed E-state index contributed by atoms with van der Waals surface area (Å²) >= 11 is 1.57. The minimum absolute atomic E-state index is 0.226. The van der Waals surface area contributed by atoms with Gasteiger partial charge in [-0.05, 0) is 31.9 Å². The minimum Gasteiger partial charge on any atom is -0.463 e. The Bertz CT molecular complexity index is 646. The van der Waals surface area contributed by atoms with E-state index in [9.17, 15) is 4.79 Å². The lowest BCUT2D eigenvalue weighted by Gasteiger charge is -2.05. The van der Waals surface area contributed by atoms with E-state index < -0.39 is 5.97 Å². The number of nitrogens with zero attached hydrogens (tertiary/aromatic N) is 3. The maximum Gasteiger partial charge on any atom is 0.373 e. The number of furan rings is 1. The highest BCUT2D eigenvalue weighted by atomic mass is 32.2. The van der Waals surface area contributed by atoms with Crippen LogP contribution >= 0.6 is 11.8 Å². The number of esters is 1. The highest BCUT2D eigenvalue weighted by Gasteiger charge is 2.30. The van der Waals surface area contributed by atoms with Crippen LogP contribution in [0.3, 0.4) is 0 Å². The molecule has 0 N–H and O–H groups in total. The van der Waals surface area contributed by atoms with Gasteiger partial charge in [-0.2, -0.15) is 0 Å². The third kappa shape index (κ3) is 2.97. The first-order valence-electron chi connectivity index (χ1n) is 6.95. The van der Waals surface area contributed by atoms with Gasteiger partial charge < -0.3 is 13.7 Å². The Kier molecular flexibility index (Phi) is 4.01. The number of rotatable bonds is 6. The second-order valence-electron chi connectivity index (χ2n) is 4.91. The van der Waals surface area contributed by atoms with Crippen molar-refractivity contribution in [2.75, 3.05) is 7.11 Å². The van der Waals surface area contributed by atoms with Crippen LogP contribution in [0, 0.1) is 0 Å². The fourth-order valence-electron chi connectivity index (χ4n) is 2.15. The standard InChI is InChI=1S/C14H17N3O3S/c1-3-17-12(9-4-5-9)15-16-14(17)21-8-10-6-7-11(20-10)13(18)19-2/h6-7,9H,3-5,8H2,1-2H3. The first-order valence-corrected chi connectivity index (χ1v) is 7.94. The molecular formula is C14H17N3O3S. The molecule has 0 bridgehead atoms. The molecule has 2 aromatic heterocycles. The van der Waals surface area contributed by atoms with Gasteiger partial charge >= 0.3 is 5.97 Å². The van der Waals surface area contributed by atoms with E-state index >= 15 is 0 Å². The van der Waals surface area contributed by atoms with Crippen LogP contribution in [0.5, 0.6) is 0 Å². The molecule has 3 rings (SSSR count). The summed E-state index contributed by atoms with van der Waals surface area (Å²) in [6.07, 6.45) is 2.42. The zero-order chi connectivity index (χ0) is 14.8. The predicted molar refractivity (Wildman–Crippen MR) is 77.3 cm³/mol. The van der Waals surface area contributed by atoms with Crippen LogP contribution in [-0.2, 0) is 17.0 Å². The van der Waals surface area contributed by atoms with Crippen molar-refractivity contribution in [3.05, 3.63) is 29.5 Å². The Balaban J connectivity index is 1.67. The van der Waals surface area contributed by atoms with Crippen LogP contribution in [0.25, 0.3) is 0 Å². The molecule has 1 aliphatic rings. The van der Waals surface area contributed by atoms with Crippen LogP contribution < -0.4 is 0 Å². The second-order valence-corrected chi connectivity index (χ2v) is 5.85. The fourth-order valence-corrected chi connectivity index (χ4v) is 3.05. The average Bonchev–Trinajstić information content (AvgIpc) is 3.10. The van der Waals surface area contributed by atoms with Crippen LogP contribution in [0.1, 0.15) is 47.8 Å². The number of aromatic nitrogens is 3. The lowest BCUT2D eigenvalue weighted by atomic mass is 10.4. The summed E-state index contributed by atoms with van der Waals surface area (Å²) in [5.74, 6) is 2.78. The summed E-state index contributed by atoms with van der Waals surface area (Å²) in [4.78, 5) is 11.3. The SMILES string of the molecule is CCn1c(SCc2ccc(C(=O)OC)o2)nnc1C1CC1. The van der Waals surface area contributed by atoms with Crippen molar-refractivity contribution < 1.29 is 13.9 Å². The van der Waals surface area contributed by atoms with Gasteiger partial charge in [0.25, 0.3) is 0 Å². The van der Waals surface area contributed by atoms with Crippen molar-refractivity contribution in [1.82, 2.24) is 14.8 Å². The Labute approximate surface area is 126 Å². The van der Waals surface area contributed by atoms with Crippen molar-refractivity contribution in [3.8, 4) is 0 Å². The van der Waals surface area contributed by atoms with E-state index in [1.54, 1.807) is 23.9 Å². The van der Waals surface area contributed by atoms with E-state index in [0.717, 1.165) is 23.3 Å². The van der Waals surface area contributed by atoms with Gasteiger partial charge in [0.05, 0.1) is 12.9 Å². The molecule has 1 saturated carbocycles. The van der Waals surface area contributed by atoms with Crippen LogP contribution in [-0.4, -0.2) is 27.8 Å². The Morgan fingerprint density at radius 1 is 1.48 bits per heavy atom.